The van der Waals surface area contributed by atoms with Gasteiger partial charge in [-0.15, -0.1) is 17.0 Å². The number of hydrogen-bond donors (Lipinski definition) is 1. The highest BCUT2D eigenvalue weighted by Crippen LogP contribution is 2.22. The molecule has 82 valence electrons. The largest absolute Gasteiger partial charge is 0.344 e. The number of benzene rings is 2. The standard InChI is InChI=1S/C13H9N.BrH.H3N/c1-2-6-12-10(4-1)7-8-11-5-3-9-14-13(11)12;;/h1-9H;1H;1H3. The van der Waals surface area contributed by atoms with E-state index in [-0.39, 0.29) is 23.1 Å². The third-order valence-electron chi connectivity index (χ3n) is 2.50. The minimum Gasteiger partial charge on any atom is -0.344 e. The summed E-state index contributed by atoms with van der Waals surface area (Å²) < 4.78 is 0. The lowest BCUT2D eigenvalue weighted by molar-refractivity contribution is 1.43. The van der Waals surface area contributed by atoms with Gasteiger partial charge in [0.1, 0.15) is 0 Å². The van der Waals surface area contributed by atoms with Crippen LogP contribution in [-0.4, -0.2) is 4.98 Å². The van der Waals surface area contributed by atoms with Crippen molar-refractivity contribution in [2.45, 2.75) is 0 Å². The van der Waals surface area contributed by atoms with Crippen LogP contribution in [-0.2, 0) is 0 Å². The molecule has 0 fully saturated rings. The molecule has 0 saturated heterocycles. The summed E-state index contributed by atoms with van der Waals surface area (Å²) in [4.78, 5) is 4.41. The normalized spacial score (nSPS) is 9.50. The highest BCUT2D eigenvalue weighted by molar-refractivity contribution is 8.93. The van der Waals surface area contributed by atoms with Crippen molar-refractivity contribution in [2.24, 2.45) is 0 Å². The third-order valence-corrected chi connectivity index (χ3v) is 2.50. The molecule has 0 amide bonds. The van der Waals surface area contributed by atoms with Crippen molar-refractivity contribution in [3.8, 4) is 0 Å². The Kier molecular flexibility index (Phi) is 3.99. The Hall–Kier alpha value is -1.45. The molecule has 0 saturated carbocycles. The van der Waals surface area contributed by atoms with Gasteiger partial charge in [-0.05, 0) is 11.5 Å². The molecule has 0 radical (unpaired) electrons. The highest BCUT2D eigenvalue weighted by atomic mass is 79.9. The van der Waals surface area contributed by atoms with Gasteiger partial charge < -0.3 is 6.15 Å². The molecular formula is C13H13BrN2. The summed E-state index contributed by atoms with van der Waals surface area (Å²) in [5.41, 5.74) is 1.09. The van der Waals surface area contributed by atoms with Crippen molar-refractivity contribution in [3.05, 3.63) is 54.7 Å². The zero-order valence-electron chi connectivity index (χ0n) is 8.76. The van der Waals surface area contributed by atoms with Crippen LogP contribution >= 0.6 is 17.0 Å². The minimum absolute atomic E-state index is 0. The summed E-state index contributed by atoms with van der Waals surface area (Å²) in [5, 5.41) is 3.68. The first-order valence-electron chi connectivity index (χ1n) is 4.68. The molecule has 3 aromatic rings. The molecule has 0 spiro atoms. The van der Waals surface area contributed by atoms with E-state index >= 15 is 0 Å². The first-order chi connectivity index (χ1) is 6.95. The molecular weight excluding hydrogens is 264 g/mol. The number of nitrogens with zero attached hydrogens (tertiary/aromatic N) is 1. The molecule has 16 heavy (non-hydrogen) atoms. The van der Waals surface area contributed by atoms with Gasteiger partial charge >= 0.3 is 0 Å². The molecule has 1 heterocycles. The number of pyridine rings is 1. The Morgan fingerprint density at radius 2 is 1.44 bits per heavy atom. The van der Waals surface area contributed by atoms with Gasteiger partial charge in [-0.3, -0.25) is 4.98 Å². The summed E-state index contributed by atoms with van der Waals surface area (Å²) in [5.74, 6) is 0. The smallest absolute Gasteiger partial charge is 0.0780 e. The predicted molar refractivity (Wildman–Crippen MR) is 74.6 cm³/mol. The summed E-state index contributed by atoms with van der Waals surface area (Å²) >= 11 is 0. The number of halogens is 1. The highest BCUT2D eigenvalue weighted by Gasteiger charge is 1.98. The lowest BCUT2D eigenvalue weighted by Crippen LogP contribution is -1.79. The van der Waals surface area contributed by atoms with E-state index in [0.717, 1.165) is 5.52 Å². The molecule has 0 unspecified atom stereocenters. The number of fused-ring (bicyclic) bond motifs is 3. The Balaban J connectivity index is 0.000000640. The van der Waals surface area contributed by atoms with E-state index in [2.05, 4.69) is 47.4 Å². The second-order valence-electron chi connectivity index (χ2n) is 3.36. The molecule has 0 bridgehead atoms. The van der Waals surface area contributed by atoms with Crippen LogP contribution in [0.1, 0.15) is 0 Å². The summed E-state index contributed by atoms with van der Waals surface area (Å²) in [6.45, 7) is 0. The van der Waals surface area contributed by atoms with E-state index in [4.69, 9.17) is 0 Å². The SMILES string of the molecule is Br.N.c1ccc2c(c1)ccc1cccnc12. The summed E-state index contributed by atoms with van der Waals surface area (Å²) in [6, 6.07) is 16.7. The maximum atomic E-state index is 4.41. The van der Waals surface area contributed by atoms with Gasteiger partial charge in [0.05, 0.1) is 5.52 Å². The van der Waals surface area contributed by atoms with Crippen LogP contribution in [0, 0.1) is 0 Å². The molecule has 2 nitrogen and oxygen atoms in total. The van der Waals surface area contributed by atoms with E-state index in [1.807, 2.05) is 12.3 Å². The Labute approximate surface area is 105 Å². The summed E-state index contributed by atoms with van der Waals surface area (Å²) in [7, 11) is 0. The maximum absolute atomic E-state index is 4.41. The third kappa shape index (κ3) is 1.92. The molecule has 3 heteroatoms. The van der Waals surface area contributed by atoms with Gasteiger partial charge in [-0.1, -0.05) is 42.5 Å². The van der Waals surface area contributed by atoms with Crippen LogP contribution in [0.3, 0.4) is 0 Å². The van der Waals surface area contributed by atoms with Gasteiger partial charge in [-0.2, -0.15) is 0 Å². The predicted octanol–water partition coefficient (Wildman–Crippen LogP) is 4.13. The lowest BCUT2D eigenvalue weighted by Gasteiger charge is -2.01. The first kappa shape index (κ1) is 12.6. The van der Waals surface area contributed by atoms with Crippen LogP contribution in [0.5, 0.6) is 0 Å². The summed E-state index contributed by atoms with van der Waals surface area (Å²) in [6.07, 6.45) is 1.84. The topological polar surface area (TPSA) is 47.9 Å². The molecule has 0 aliphatic rings. The Morgan fingerprint density at radius 1 is 0.750 bits per heavy atom. The number of aromatic nitrogens is 1. The molecule has 0 aliphatic heterocycles. The van der Waals surface area contributed by atoms with Gasteiger partial charge in [-0.25, -0.2) is 0 Å². The number of hydrogen-bond acceptors (Lipinski definition) is 2. The average Bonchev–Trinajstić information content (AvgIpc) is 2.29. The monoisotopic (exact) mass is 276 g/mol. The fourth-order valence-corrected chi connectivity index (χ4v) is 1.81. The van der Waals surface area contributed by atoms with Crippen LogP contribution in [0.4, 0.5) is 0 Å². The van der Waals surface area contributed by atoms with E-state index in [1.165, 1.54) is 16.2 Å². The zero-order chi connectivity index (χ0) is 9.38. The molecule has 3 rings (SSSR count). The lowest BCUT2D eigenvalue weighted by atomic mass is 10.1. The van der Waals surface area contributed by atoms with Crippen LogP contribution in [0.2, 0.25) is 0 Å². The second kappa shape index (κ2) is 5.05. The first-order valence-corrected chi connectivity index (χ1v) is 4.68. The van der Waals surface area contributed by atoms with Gasteiger partial charge in [0.2, 0.25) is 0 Å². The fraction of sp³-hybridized carbons (Fsp3) is 0. The van der Waals surface area contributed by atoms with Crippen LogP contribution in [0.25, 0.3) is 21.7 Å². The van der Waals surface area contributed by atoms with Crippen molar-refractivity contribution in [2.75, 3.05) is 0 Å². The van der Waals surface area contributed by atoms with E-state index < -0.39 is 0 Å². The van der Waals surface area contributed by atoms with E-state index in [0.29, 0.717) is 0 Å². The van der Waals surface area contributed by atoms with Gasteiger partial charge in [0.25, 0.3) is 0 Å². The molecule has 3 N–H and O–H groups in total. The maximum Gasteiger partial charge on any atom is 0.0780 e. The van der Waals surface area contributed by atoms with Gasteiger partial charge in [0, 0.05) is 17.0 Å². The van der Waals surface area contributed by atoms with Gasteiger partial charge in [0.15, 0.2) is 0 Å². The second-order valence-corrected chi connectivity index (χ2v) is 3.36. The van der Waals surface area contributed by atoms with Crippen molar-refractivity contribution >= 4 is 38.7 Å². The van der Waals surface area contributed by atoms with Crippen LogP contribution in [0.15, 0.2) is 54.7 Å². The van der Waals surface area contributed by atoms with Crippen molar-refractivity contribution in [3.63, 3.8) is 0 Å². The fourth-order valence-electron chi connectivity index (χ4n) is 1.81. The molecule has 2 aromatic carbocycles. The average molecular weight is 277 g/mol. The molecule has 0 atom stereocenters. The Bertz CT molecular complexity index is 553. The van der Waals surface area contributed by atoms with Crippen LogP contribution < -0.4 is 6.15 Å². The molecule has 0 aliphatic carbocycles. The molecule has 1 aromatic heterocycles. The Morgan fingerprint density at radius 3 is 2.31 bits per heavy atom. The van der Waals surface area contributed by atoms with Crippen molar-refractivity contribution < 1.29 is 0 Å². The zero-order valence-corrected chi connectivity index (χ0v) is 10.5. The minimum atomic E-state index is 0. The van der Waals surface area contributed by atoms with Crippen molar-refractivity contribution in [1.29, 1.82) is 0 Å². The van der Waals surface area contributed by atoms with E-state index in [9.17, 15) is 0 Å². The van der Waals surface area contributed by atoms with Crippen molar-refractivity contribution in [1.82, 2.24) is 11.1 Å². The number of rotatable bonds is 0. The van der Waals surface area contributed by atoms with E-state index in [1.54, 1.807) is 0 Å². The quantitative estimate of drug-likeness (QED) is 0.628.